The van der Waals surface area contributed by atoms with Crippen molar-refractivity contribution in [2.45, 2.75) is 44.2 Å². The molecular weight excluding hydrogens is 659 g/mol. The number of aliphatic hydroxyl groups is 1. The summed E-state index contributed by atoms with van der Waals surface area (Å²) in [7, 11) is -2.46. The van der Waals surface area contributed by atoms with Crippen LogP contribution in [-0.4, -0.2) is 66.0 Å². The Kier molecular flexibility index (Phi) is 11.8. The van der Waals surface area contributed by atoms with Crippen molar-refractivity contribution in [3.05, 3.63) is 119 Å². The average molecular weight is 700 g/mol. The van der Waals surface area contributed by atoms with Gasteiger partial charge in [0.25, 0.3) is 5.91 Å². The van der Waals surface area contributed by atoms with Crippen LogP contribution in [0.1, 0.15) is 35.3 Å². The topological polar surface area (TPSA) is 134 Å². The van der Waals surface area contributed by atoms with Crippen molar-refractivity contribution in [1.29, 1.82) is 0 Å². The molecule has 49 heavy (non-hydrogen) atoms. The summed E-state index contributed by atoms with van der Waals surface area (Å²) in [6.45, 7) is 5.70. The second-order valence-electron chi connectivity index (χ2n) is 12.2. The molecule has 10 nitrogen and oxygen atoms in total. The van der Waals surface area contributed by atoms with E-state index < -0.39 is 28.1 Å². The second kappa shape index (κ2) is 16.2. The molecule has 0 aliphatic heterocycles. The van der Waals surface area contributed by atoms with E-state index in [1.807, 2.05) is 74.7 Å². The number of aliphatic hydroxyl groups excluding tert-OH is 1. The third kappa shape index (κ3) is 9.51. The highest BCUT2D eigenvalue weighted by atomic mass is 32.2. The summed E-state index contributed by atoms with van der Waals surface area (Å²) in [5.41, 5.74) is 4.52. The summed E-state index contributed by atoms with van der Waals surface area (Å²) in [6.07, 6.45) is 2.53. The number of aromatic nitrogens is 2. The Labute approximate surface area is 291 Å². The van der Waals surface area contributed by atoms with Crippen LogP contribution in [-0.2, 0) is 16.4 Å². The van der Waals surface area contributed by atoms with E-state index in [1.54, 1.807) is 36.7 Å². The van der Waals surface area contributed by atoms with E-state index in [1.165, 1.54) is 34.9 Å². The monoisotopic (exact) mass is 699 g/mol. The second-order valence-corrected chi connectivity index (χ2v) is 15.0. The smallest absolute Gasteiger partial charge is 0.251 e. The number of benzene rings is 3. The molecular formula is C37H41N5O5S2. The third-order valence-corrected chi connectivity index (χ3v) is 10.4. The van der Waals surface area contributed by atoms with Crippen LogP contribution < -0.4 is 15.4 Å². The fourth-order valence-corrected chi connectivity index (χ4v) is 7.76. The Balaban J connectivity index is 1.37. The van der Waals surface area contributed by atoms with E-state index in [-0.39, 0.29) is 23.9 Å². The molecule has 5 aromatic rings. The Morgan fingerprint density at radius 1 is 1.00 bits per heavy atom. The average Bonchev–Trinajstić information content (AvgIpc) is 3.56. The standard InChI is InChI=1S/C37H41N5O5S2/c1-25(2)22-42(49(45,46)32-14-12-31(47-4)13-15-32)23-35(43)33(19-27-9-6-5-7-10-27)40-36(44)29-17-26(3)18-30(20-29)39-37-41-34(24-48-37)28-11-8-16-38-21-28/h5-18,20-21,24-25,33,35,43H,19,22-23H2,1-4H3,(H,39,41)(H,40,44)/t33-,35+/m0/s1. The van der Waals surface area contributed by atoms with Gasteiger partial charge >= 0.3 is 0 Å². The van der Waals surface area contributed by atoms with E-state index in [4.69, 9.17) is 4.74 Å². The molecule has 0 saturated carbocycles. The van der Waals surface area contributed by atoms with Crippen molar-refractivity contribution in [1.82, 2.24) is 19.6 Å². The first-order chi connectivity index (χ1) is 23.5. The Bertz CT molecular complexity index is 1940. The van der Waals surface area contributed by atoms with Crippen molar-refractivity contribution in [2.24, 2.45) is 5.92 Å². The molecule has 0 aliphatic rings. The Morgan fingerprint density at radius 3 is 2.43 bits per heavy atom. The van der Waals surface area contributed by atoms with Gasteiger partial charge in [-0.1, -0.05) is 44.2 Å². The number of sulfonamides is 1. The molecule has 2 aromatic heterocycles. The quantitative estimate of drug-likeness (QED) is 0.116. The Morgan fingerprint density at radius 2 is 1.76 bits per heavy atom. The summed E-state index contributed by atoms with van der Waals surface area (Å²) in [5, 5.41) is 20.6. The van der Waals surface area contributed by atoms with Crippen LogP contribution >= 0.6 is 11.3 Å². The third-order valence-electron chi connectivity index (χ3n) is 7.79. The largest absolute Gasteiger partial charge is 0.497 e. The van der Waals surface area contributed by atoms with Crippen molar-refractivity contribution < 1.29 is 23.1 Å². The maximum Gasteiger partial charge on any atom is 0.251 e. The number of nitrogens with zero attached hydrogens (tertiary/aromatic N) is 3. The fourth-order valence-electron chi connectivity index (χ4n) is 5.40. The van der Waals surface area contributed by atoms with E-state index in [9.17, 15) is 18.3 Å². The molecule has 2 atom stereocenters. The number of anilines is 2. The Hall–Kier alpha value is -4.62. The predicted octanol–water partition coefficient (Wildman–Crippen LogP) is 6.31. The van der Waals surface area contributed by atoms with Crippen molar-refractivity contribution in [3.8, 4) is 17.0 Å². The number of rotatable bonds is 15. The van der Waals surface area contributed by atoms with Gasteiger partial charge in [0.2, 0.25) is 10.0 Å². The molecule has 5 rings (SSSR count). The molecule has 2 heterocycles. The van der Waals surface area contributed by atoms with Gasteiger partial charge in [0, 0.05) is 47.7 Å². The van der Waals surface area contributed by atoms with Crippen LogP contribution in [0.3, 0.4) is 0 Å². The summed E-state index contributed by atoms with van der Waals surface area (Å²) in [4.78, 5) is 22.8. The van der Waals surface area contributed by atoms with E-state index >= 15 is 0 Å². The fraction of sp³-hybridized carbons (Fsp3) is 0.270. The number of nitrogens with one attached hydrogen (secondary N) is 2. The van der Waals surface area contributed by atoms with Gasteiger partial charge in [-0.15, -0.1) is 11.3 Å². The lowest BCUT2D eigenvalue weighted by atomic mass is 10.00. The van der Waals surface area contributed by atoms with Crippen LogP contribution in [0, 0.1) is 12.8 Å². The molecule has 0 unspecified atom stereocenters. The number of hydrogen-bond donors (Lipinski definition) is 3. The van der Waals surface area contributed by atoms with Gasteiger partial charge in [-0.25, -0.2) is 13.4 Å². The van der Waals surface area contributed by atoms with Crippen LogP contribution in [0.25, 0.3) is 11.3 Å². The first kappa shape index (κ1) is 35.7. The normalized spacial score (nSPS) is 12.9. The van der Waals surface area contributed by atoms with Crippen molar-refractivity contribution in [2.75, 3.05) is 25.5 Å². The van der Waals surface area contributed by atoms with E-state index in [0.717, 1.165) is 22.4 Å². The molecule has 3 aromatic carbocycles. The van der Waals surface area contributed by atoms with E-state index in [2.05, 4.69) is 20.6 Å². The molecule has 0 spiro atoms. The molecule has 256 valence electrons. The number of amides is 1. The number of aryl methyl sites for hydroxylation is 1. The predicted molar refractivity (Wildman–Crippen MR) is 194 cm³/mol. The number of methoxy groups -OCH3 is 1. The number of hydrogen-bond acceptors (Lipinski definition) is 9. The maximum absolute atomic E-state index is 13.8. The van der Waals surface area contributed by atoms with Crippen LogP contribution in [0.4, 0.5) is 10.8 Å². The molecule has 3 N–H and O–H groups in total. The molecule has 0 bridgehead atoms. The van der Waals surface area contributed by atoms with Gasteiger partial charge in [-0.05, 0) is 85.0 Å². The van der Waals surface area contributed by atoms with Crippen molar-refractivity contribution in [3.63, 3.8) is 0 Å². The van der Waals surface area contributed by atoms with Gasteiger partial charge in [-0.3, -0.25) is 9.78 Å². The lowest BCUT2D eigenvalue weighted by molar-refractivity contribution is 0.0776. The zero-order chi connectivity index (χ0) is 35.0. The van der Waals surface area contributed by atoms with Crippen LogP contribution in [0.5, 0.6) is 5.75 Å². The minimum absolute atomic E-state index is 0.0149. The van der Waals surface area contributed by atoms with E-state index in [0.29, 0.717) is 28.6 Å². The number of pyridine rings is 1. The summed E-state index contributed by atoms with van der Waals surface area (Å²) in [6, 6.07) is 24.1. The number of carbonyl (C=O) groups is 1. The molecule has 12 heteroatoms. The summed E-state index contributed by atoms with van der Waals surface area (Å²) >= 11 is 1.44. The van der Waals surface area contributed by atoms with Crippen molar-refractivity contribution >= 4 is 38.1 Å². The molecule has 0 aliphatic carbocycles. The molecule has 1 amide bonds. The van der Waals surface area contributed by atoms with Gasteiger partial charge in [-0.2, -0.15) is 4.31 Å². The van der Waals surface area contributed by atoms with Crippen LogP contribution in [0.2, 0.25) is 0 Å². The zero-order valence-corrected chi connectivity index (χ0v) is 29.5. The first-order valence-electron chi connectivity index (χ1n) is 15.9. The summed E-state index contributed by atoms with van der Waals surface area (Å²) in [5.74, 6) is 0.130. The minimum atomic E-state index is -3.97. The van der Waals surface area contributed by atoms with Gasteiger partial charge < -0.3 is 20.5 Å². The maximum atomic E-state index is 13.8. The van der Waals surface area contributed by atoms with Gasteiger partial charge in [0.1, 0.15) is 5.75 Å². The number of thiazole rings is 1. The van der Waals surface area contributed by atoms with Crippen LogP contribution in [0.15, 0.2) is 108 Å². The highest BCUT2D eigenvalue weighted by molar-refractivity contribution is 7.89. The zero-order valence-electron chi connectivity index (χ0n) is 27.9. The number of carbonyl (C=O) groups excluding carboxylic acids is 1. The molecule has 0 saturated heterocycles. The van der Waals surface area contributed by atoms with Gasteiger partial charge in [0.05, 0.1) is 29.8 Å². The minimum Gasteiger partial charge on any atom is -0.497 e. The lowest BCUT2D eigenvalue weighted by Crippen LogP contribution is -2.51. The summed E-state index contributed by atoms with van der Waals surface area (Å²) < 4.78 is 34.1. The highest BCUT2D eigenvalue weighted by Crippen LogP contribution is 2.28. The first-order valence-corrected chi connectivity index (χ1v) is 18.3. The van der Waals surface area contributed by atoms with Gasteiger partial charge in [0.15, 0.2) is 5.13 Å². The molecule has 0 radical (unpaired) electrons. The highest BCUT2D eigenvalue weighted by Gasteiger charge is 2.31. The molecule has 0 fully saturated rings. The number of ether oxygens (including phenoxy) is 1. The SMILES string of the molecule is COc1ccc(S(=O)(=O)N(CC(C)C)C[C@@H](O)[C@H](Cc2ccccc2)NC(=O)c2cc(C)cc(Nc3nc(-c4cccnc4)cs3)c2)cc1. The lowest BCUT2D eigenvalue weighted by Gasteiger charge is -2.31.